The Labute approximate surface area is 86.4 Å². The Balaban J connectivity index is 3.22. The summed E-state index contributed by atoms with van der Waals surface area (Å²) in [5.74, 6) is -1.19. The molecule has 6 heteroatoms. The van der Waals surface area contributed by atoms with Crippen LogP contribution < -0.4 is 5.46 Å². The van der Waals surface area contributed by atoms with Crippen molar-refractivity contribution in [3.05, 3.63) is 29.3 Å². The lowest BCUT2D eigenvalue weighted by molar-refractivity contribution is 0.0696. The molecule has 5 nitrogen and oxygen atoms in total. The number of carboxylic acids is 1. The van der Waals surface area contributed by atoms with Gasteiger partial charge in [-0.05, 0) is 17.1 Å². The zero-order valence-corrected chi connectivity index (χ0v) is 7.71. The normalized spacial score (nSPS) is 9.40. The van der Waals surface area contributed by atoms with E-state index in [9.17, 15) is 4.79 Å². The van der Waals surface area contributed by atoms with Crippen molar-refractivity contribution in [2.45, 2.75) is 6.42 Å². The van der Waals surface area contributed by atoms with Gasteiger partial charge in [-0.1, -0.05) is 12.1 Å². The molecule has 0 spiro atoms. The maximum Gasteiger partial charge on any atom is 0.488 e. The second kappa shape index (κ2) is 4.60. The minimum atomic E-state index is -1.71. The highest BCUT2D eigenvalue weighted by atomic mass is 16.4. The molecule has 0 radical (unpaired) electrons. The van der Waals surface area contributed by atoms with Crippen molar-refractivity contribution in [3.8, 4) is 6.07 Å². The van der Waals surface area contributed by atoms with Crippen molar-refractivity contribution >= 4 is 18.6 Å². The predicted molar refractivity (Wildman–Crippen MR) is 52.5 cm³/mol. The Kier molecular flexibility index (Phi) is 3.44. The highest BCUT2D eigenvalue weighted by Crippen LogP contribution is 2.08. The second-order valence-electron chi connectivity index (χ2n) is 2.93. The first-order valence-electron chi connectivity index (χ1n) is 4.15. The van der Waals surface area contributed by atoms with Gasteiger partial charge in [-0.25, -0.2) is 4.79 Å². The van der Waals surface area contributed by atoms with Crippen molar-refractivity contribution in [2.24, 2.45) is 0 Å². The van der Waals surface area contributed by atoms with Crippen LogP contribution in [0.2, 0.25) is 0 Å². The zero-order chi connectivity index (χ0) is 11.4. The van der Waals surface area contributed by atoms with Crippen molar-refractivity contribution < 1.29 is 19.9 Å². The van der Waals surface area contributed by atoms with Gasteiger partial charge in [0.2, 0.25) is 0 Å². The lowest BCUT2D eigenvalue weighted by Gasteiger charge is -2.05. The number of hydrogen-bond acceptors (Lipinski definition) is 4. The average Bonchev–Trinajstić information content (AvgIpc) is 2.18. The summed E-state index contributed by atoms with van der Waals surface area (Å²) in [5, 5.41) is 35.0. The molecule has 0 saturated carbocycles. The minimum Gasteiger partial charge on any atom is -0.478 e. The van der Waals surface area contributed by atoms with Gasteiger partial charge in [-0.3, -0.25) is 0 Å². The maximum absolute atomic E-state index is 10.8. The molecule has 0 unspecified atom stereocenters. The van der Waals surface area contributed by atoms with Gasteiger partial charge in [-0.2, -0.15) is 5.26 Å². The SMILES string of the molecule is N#CCc1ccc(B(O)O)cc1C(=O)O. The summed E-state index contributed by atoms with van der Waals surface area (Å²) in [4.78, 5) is 10.8. The number of aromatic carboxylic acids is 1. The van der Waals surface area contributed by atoms with E-state index in [1.807, 2.05) is 6.07 Å². The van der Waals surface area contributed by atoms with Crippen LogP contribution in [0.3, 0.4) is 0 Å². The first-order chi connectivity index (χ1) is 7.06. The molecule has 1 aromatic rings. The van der Waals surface area contributed by atoms with E-state index in [0.717, 1.165) is 6.07 Å². The molecule has 1 aromatic carbocycles. The van der Waals surface area contributed by atoms with Crippen LogP contribution in [-0.2, 0) is 6.42 Å². The molecule has 0 heterocycles. The molecular weight excluding hydrogens is 197 g/mol. The van der Waals surface area contributed by atoms with Crippen LogP contribution in [0.4, 0.5) is 0 Å². The van der Waals surface area contributed by atoms with Gasteiger partial charge in [0.15, 0.2) is 0 Å². The smallest absolute Gasteiger partial charge is 0.478 e. The third kappa shape index (κ3) is 2.56. The Morgan fingerprint density at radius 2 is 2.13 bits per heavy atom. The van der Waals surface area contributed by atoms with E-state index in [4.69, 9.17) is 20.4 Å². The summed E-state index contributed by atoms with van der Waals surface area (Å²) >= 11 is 0. The first-order valence-corrected chi connectivity index (χ1v) is 4.15. The van der Waals surface area contributed by atoms with Gasteiger partial charge >= 0.3 is 13.1 Å². The minimum absolute atomic E-state index is 0.0244. The van der Waals surface area contributed by atoms with E-state index in [-0.39, 0.29) is 17.4 Å². The van der Waals surface area contributed by atoms with E-state index in [1.165, 1.54) is 12.1 Å². The maximum atomic E-state index is 10.8. The second-order valence-corrected chi connectivity index (χ2v) is 2.93. The highest BCUT2D eigenvalue weighted by molar-refractivity contribution is 6.58. The molecule has 1 rings (SSSR count). The standard InChI is InChI=1S/C9H8BNO4/c11-4-3-6-1-2-7(10(14)15)5-8(6)9(12)13/h1-2,5,14-15H,3H2,(H,12,13). The van der Waals surface area contributed by atoms with E-state index in [2.05, 4.69) is 0 Å². The molecule has 0 saturated heterocycles. The monoisotopic (exact) mass is 205 g/mol. The quantitative estimate of drug-likeness (QED) is 0.556. The molecule has 0 fully saturated rings. The third-order valence-corrected chi connectivity index (χ3v) is 1.93. The number of carbonyl (C=O) groups is 1. The Bertz CT molecular complexity index is 425. The van der Waals surface area contributed by atoms with Gasteiger partial charge in [0.05, 0.1) is 18.1 Å². The molecule has 0 amide bonds. The van der Waals surface area contributed by atoms with Gasteiger partial charge in [0.1, 0.15) is 0 Å². The Morgan fingerprint density at radius 1 is 1.47 bits per heavy atom. The molecule has 0 aliphatic heterocycles. The number of benzene rings is 1. The fourth-order valence-electron chi connectivity index (χ4n) is 1.19. The van der Waals surface area contributed by atoms with Crippen molar-refractivity contribution in [1.29, 1.82) is 5.26 Å². The van der Waals surface area contributed by atoms with Crippen LogP contribution in [0.5, 0.6) is 0 Å². The lowest BCUT2D eigenvalue weighted by atomic mass is 9.78. The average molecular weight is 205 g/mol. The molecule has 0 bridgehead atoms. The number of nitriles is 1. The number of carboxylic acid groups (broad SMARTS) is 1. The van der Waals surface area contributed by atoms with Crippen LogP contribution in [-0.4, -0.2) is 28.2 Å². The Morgan fingerprint density at radius 3 is 2.60 bits per heavy atom. The molecule has 15 heavy (non-hydrogen) atoms. The third-order valence-electron chi connectivity index (χ3n) is 1.93. The Hall–Kier alpha value is -1.84. The van der Waals surface area contributed by atoms with E-state index < -0.39 is 13.1 Å². The van der Waals surface area contributed by atoms with Crippen LogP contribution in [0.25, 0.3) is 0 Å². The van der Waals surface area contributed by atoms with Crippen LogP contribution >= 0.6 is 0 Å². The number of nitrogens with zero attached hydrogens (tertiary/aromatic N) is 1. The predicted octanol–water partition coefficient (Wildman–Crippen LogP) is -0.869. The molecule has 0 aliphatic carbocycles. The van der Waals surface area contributed by atoms with Crippen molar-refractivity contribution in [1.82, 2.24) is 0 Å². The summed E-state index contributed by atoms with van der Waals surface area (Å²) in [6, 6.07) is 5.78. The van der Waals surface area contributed by atoms with Gasteiger partial charge in [0, 0.05) is 0 Å². The van der Waals surface area contributed by atoms with Gasteiger partial charge in [0.25, 0.3) is 0 Å². The summed E-state index contributed by atoms with van der Waals surface area (Å²) < 4.78 is 0. The summed E-state index contributed by atoms with van der Waals surface area (Å²) in [7, 11) is -1.71. The topological polar surface area (TPSA) is 102 Å². The highest BCUT2D eigenvalue weighted by Gasteiger charge is 2.16. The molecule has 0 atom stereocenters. The van der Waals surface area contributed by atoms with Gasteiger partial charge < -0.3 is 15.2 Å². The van der Waals surface area contributed by atoms with Crippen molar-refractivity contribution in [2.75, 3.05) is 0 Å². The molecule has 3 N–H and O–H groups in total. The largest absolute Gasteiger partial charge is 0.488 e. The van der Waals surface area contributed by atoms with E-state index in [1.54, 1.807) is 0 Å². The van der Waals surface area contributed by atoms with E-state index >= 15 is 0 Å². The summed E-state index contributed by atoms with van der Waals surface area (Å²) in [5.41, 5.74) is 0.366. The van der Waals surface area contributed by atoms with Crippen LogP contribution in [0.1, 0.15) is 15.9 Å². The lowest BCUT2D eigenvalue weighted by Crippen LogP contribution is -2.30. The van der Waals surface area contributed by atoms with Crippen LogP contribution in [0, 0.1) is 11.3 Å². The molecule has 76 valence electrons. The fraction of sp³-hybridized carbons (Fsp3) is 0.111. The number of rotatable bonds is 3. The number of hydrogen-bond donors (Lipinski definition) is 3. The van der Waals surface area contributed by atoms with E-state index in [0.29, 0.717) is 5.56 Å². The molecule has 0 aromatic heterocycles. The first kappa shape index (κ1) is 11.2. The molecular formula is C9H8BNO4. The molecule has 0 aliphatic rings. The fourth-order valence-corrected chi connectivity index (χ4v) is 1.19. The summed E-state index contributed by atoms with van der Waals surface area (Å²) in [6.45, 7) is 0. The zero-order valence-electron chi connectivity index (χ0n) is 7.71. The summed E-state index contributed by atoms with van der Waals surface area (Å²) in [6.07, 6.45) is -0.0244. The van der Waals surface area contributed by atoms with Crippen LogP contribution in [0.15, 0.2) is 18.2 Å². The van der Waals surface area contributed by atoms with Gasteiger partial charge in [-0.15, -0.1) is 0 Å². The van der Waals surface area contributed by atoms with Crippen molar-refractivity contribution in [3.63, 3.8) is 0 Å².